The molecule has 0 unspecified atom stereocenters. The molecule has 1 heterocycles. The van der Waals surface area contributed by atoms with E-state index in [4.69, 9.17) is 5.73 Å². The lowest BCUT2D eigenvalue weighted by Gasteiger charge is -2.17. The summed E-state index contributed by atoms with van der Waals surface area (Å²) < 4.78 is 0. The van der Waals surface area contributed by atoms with Crippen molar-refractivity contribution in [2.45, 2.75) is 19.9 Å². The van der Waals surface area contributed by atoms with Crippen molar-refractivity contribution in [3.8, 4) is 5.75 Å². The van der Waals surface area contributed by atoms with E-state index in [0.29, 0.717) is 5.75 Å². The summed E-state index contributed by atoms with van der Waals surface area (Å²) in [6, 6.07) is 5.45. The smallest absolute Gasteiger partial charge is 0.116 e. The first kappa shape index (κ1) is 11.2. The van der Waals surface area contributed by atoms with Crippen molar-refractivity contribution in [2.24, 2.45) is 5.73 Å². The summed E-state index contributed by atoms with van der Waals surface area (Å²) in [5.41, 5.74) is 10.5. The minimum atomic E-state index is -0.105. The van der Waals surface area contributed by atoms with Crippen LogP contribution < -0.4 is 5.73 Å². The van der Waals surface area contributed by atoms with Crippen LogP contribution in [-0.4, -0.2) is 5.11 Å². The summed E-state index contributed by atoms with van der Waals surface area (Å²) >= 11 is 1.65. The van der Waals surface area contributed by atoms with Crippen molar-refractivity contribution >= 4 is 11.3 Å². The van der Waals surface area contributed by atoms with Gasteiger partial charge in [0.15, 0.2) is 0 Å². The van der Waals surface area contributed by atoms with Crippen LogP contribution in [0.2, 0.25) is 0 Å². The first-order valence-electron chi connectivity index (χ1n) is 5.17. The van der Waals surface area contributed by atoms with E-state index in [-0.39, 0.29) is 6.04 Å². The molecule has 1 aromatic carbocycles. The SMILES string of the molecule is Cc1cc(O)cc(C)c1[C@@H](N)c1ccsc1. The van der Waals surface area contributed by atoms with Crippen LogP contribution in [0.1, 0.15) is 28.3 Å². The molecule has 0 radical (unpaired) electrons. The van der Waals surface area contributed by atoms with E-state index in [1.807, 2.05) is 25.3 Å². The van der Waals surface area contributed by atoms with Gasteiger partial charge < -0.3 is 10.8 Å². The Kier molecular flexibility index (Phi) is 2.99. The van der Waals surface area contributed by atoms with Gasteiger partial charge in [-0.05, 0) is 65.1 Å². The predicted octanol–water partition coefficient (Wildman–Crippen LogP) is 3.12. The van der Waals surface area contributed by atoms with Gasteiger partial charge in [-0.3, -0.25) is 0 Å². The van der Waals surface area contributed by atoms with Gasteiger partial charge in [0.1, 0.15) is 5.75 Å². The highest BCUT2D eigenvalue weighted by molar-refractivity contribution is 7.08. The summed E-state index contributed by atoms with van der Waals surface area (Å²) in [7, 11) is 0. The summed E-state index contributed by atoms with van der Waals surface area (Å²) in [5.74, 6) is 0.302. The van der Waals surface area contributed by atoms with Crippen LogP contribution >= 0.6 is 11.3 Å². The number of hydrogen-bond donors (Lipinski definition) is 2. The molecule has 2 rings (SSSR count). The molecule has 0 bridgehead atoms. The average molecular weight is 233 g/mol. The summed E-state index contributed by atoms with van der Waals surface area (Å²) in [5, 5.41) is 13.6. The number of thiophene rings is 1. The quantitative estimate of drug-likeness (QED) is 0.837. The Morgan fingerprint density at radius 2 is 1.88 bits per heavy atom. The number of aryl methyl sites for hydroxylation is 2. The monoisotopic (exact) mass is 233 g/mol. The van der Waals surface area contributed by atoms with E-state index in [0.717, 1.165) is 22.3 Å². The number of benzene rings is 1. The van der Waals surface area contributed by atoms with Crippen LogP contribution in [-0.2, 0) is 0 Å². The lowest BCUT2D eigenvalue weighted by atomic mass is 9.93. The maximum Gasteiger partial charge on any atom is 0.116 e. The average Bonchev–Trinajstić information content (AvgIpc) is 2.67. The molecular weight excluding hydrogens is 218 g/mol. The minimum absolute atomic E-state index is 0.105. The Bertz CT molecular complexity index is 468. The zero-order chi connectivity index (χ0) is 11.7. The van der Waals surface area contributed by atoms with Gasteiger partial charge in [0.25, 0.3) is 0 Å². The second-order valence-corrected chi connectivity index (χ2v) is 4.81. The molecule has 0 fully saturated rings. The second-order valence-electron chi connectivity index (χ2n) is 4.03. The zero-order valence-electron chi connectivity index (χ0n) is 9.40. The Balaban J connectivity index is 2.48. The molecule has 16 heavy (non-hydrogen) atoms. The fourth-order valence-electron chi connectivity index (χ4n) is 2.06. The van der Waals surface area contributed by atoms with Crippen molar-refractivity contribution in [1.29, 1.82) is 0 Å². The molecule has 0 spiro atoms. The topological polar surface area (TPSA) is 46.2 Å². The lowest BCUT2D eigenvalue weighted by Crippen LogP contribution is -2.13. The number of hydrogen-bond acceptors (Lipinski definition) is 3. The normalized spacial score (nSPS) is 12.7. The van der Waals surface area contributed by atoms with Crippen LogP contribution in [0.5, 0.6) is 5.75 Å². The molecule has 0 aliphatic rings. The first-order chi connectivity index (χ1) is 7.59. The third-order valence-corrected chi connectivity index (χ3v) is 3.49. The van der Waals surface area contributed by atoms with Crippen LogP contribution in [0.25, 0.3) is 0 Å². The highest BCUT2D eigenvalue weighted by Gasteiger charge is 2.15. The van der Waals surface area contributed by atoms with E-state index in [9.17, 15) is 5.11 Å². The molecule has 1 atom stereocenters. The Morgan fingerprint density at radius 1 is 1.25 bits per heavy atom. The molecule has 0 saturated carbocycles. The summed E-state index contributed by atoms with van der Waals surface area (Å²) in [6.07, 6.45) is 0. The zero-order valence-corrected chi connectivity index (χ0v) is 10.2. The molecule has 3 heteroatoms. The maximum atomic E-state index is 9.49. The molecule has 0 aliphatic carbocycles. The van der Waals surface area contributed by atoms with Crippen molar-refractivity contribution in [3.05, 3.63) is 51.2 Å². The maximum absolute atomic E-state index is 9.49. The van der Waals surface area contributed by atoms with Crippen LogP contribution in [0.15, 0.2) is 29.0 Å². The van der Waals surface area contributed by atoms with E-state index in [1.165, 1.54) is 0 Å². The van der Waals surface area contributed by atoms with Gasteiger partial charge in [0.05, 0.1) is 6.04 Å². The van der Waals surface area contributed by atoms with E-state index < -0.39 is 0 Å². The van der Waals surface area contributed by atoms with E-state index in [2.05, 4.69) is 5.38 Å². The van der Waals surface area contributed by atoms with Gasteiger partial charge in [-0.2, -0.15) is 11.3 Å². The van der Waals surface area contributed by atoms with Crippen LogP contribution in [0.3, 0.4) is 0 Å². The molecular formula is C13H15NOS. The Morgan fingerprint density at radius 3 is 2.38 bits per heavy atom. The highest BCUT2D eigenvalue weighted by atomic mass is 32.1. The Labute approximate surface area is 99.4 Å². The fourth-order valence-corrected chi connectivity index (χ4v) is 2.76. The third-order valence-electron chi connectivity index (χ3n) is 2.79. The molecule has 0 amide bonds. The van der Waals surface area contributed by atoms with E-state index >= 15 is 0 Å². The Hall–Kier alpha value is -1.32. The number of phenols is 1. The number of rotatable bonds is 2. The predicted molar refractivity (Wildman–Crippen MR) is 67.9 cm³/mol. The largest absolute Gasteiger partial charge is 0.508 e. The number of phenolic OH excluding ortho intramolecular Hbond substituents is 1. The molecule has 84 valence electrons. The van der Waals surface area contributed by atoms with Crippen LogP contribution in [0.4, 0.5) is 0 Å². The standard InChI is InChI=1S/C13H15NOS/c1-8-5-11(15)6-9(2)12(8)13(14)10-3-4-16-7-10/h3-7,13,15H,14H2,1-2H3/t13-/m0/s1. The summed E-state index contributed by atoms with van der Waals surface area (Å²) in [4.78, 5) is 0. The van der Waals surface area contributed by atoms with Crippen molar-refractivity contribution in [3.63, 3.8) is 0 Å². The lowest BCUT2D eigenvalue weighted by molar-refractivity contribution is 0.474. The number of nitrogens with two attached hydrogens (primary N) is 1. The van der Waals surface area contributed by atoms with E-state index in [1.54, 1.807) is 23.5 Å². The van der Waals surface area contributed by atoms with Gasteiger partial charge in [0, 0.05) is 0 Å². The number of aromatic hydroxyl groups is 1. The molecule has 3 N–H and O–H groups in total. The van der Waals surface area contributed by atoms with Gasteiger partial charge in [-0.15, -0.1) is 0 Å². The molecule has 0 saturated heterocycles. The van der Waals surface area contributed by atoms with Gasteiger partial charge in [-0.1, -0.05) is 0 Å². The minimum Gasteiger partial charge on any atom is -0.508 e. The van der Waals surface area contributed by atoms with Crippen molar-refractivity contribution < 1.29 is 5.11 Å². The van der Waals surface area contributed by atoms with Crippen molar-refractivity contribution in [2.75, 3.05) is 0 Å². The van der Waals surface area contributed by atoms with Gasteiger partial charge in [-0.25, -0.2) is 0 Å². The summed E-state index contributed by atoms with van der Waals surface area (Å²) in [6.45, 7) is 3.96. The second kappa shape index (κ2) is 4.28. The van der Waals surface area contributed by atoms with Gasteiger partial charge in [0.2, 0.25) is 0 Å². The molecule has 2 aromatic rings. The van der Waals surface area contributed by atoms with Crippen LogP contribution in [0, 0.1) is 13.8 Å². The first-order valence-corrected chi connectivity index (χ1v) is 6.11. The molecule has 1 aromatic heterocycles. The van der Waals surface area contributed by atoms with Crippen molar-refractivity contribution in [1.82, 2.24) is 0 Å². The van der Waals surface area contributed by atoms with Gasteiger partial charge >= 0.3 is 0 Å². The molecule has 0 aliphatic heterocycles. The highest BCUT2D eigenvalue weighted by Crippen LogP contribution is 2.29. The fraction of sp³-hybridized carbons (Fsp3) is 0.231. The molecule has 2 nitrogen and oxygen atoms in total. The third kappa shape index (κ3) is 1.96.